The number of hydrogen-bond acceptors (Lipinski definition) is 2. The topological polar surface area (TPSA) is 30.0 Å². The summed E-state index contributed by atoms with van der Waals surface area (Å²) in [7, 11) is 0. The van der Waals surface area contributed by atoms with Crippen molar-refractivity contribution in [3.63, 3.8) is 0 Å². The van der Waals surface area contributed by atoms with E-state index in [2.05, 4.69) is 36.8 Å². The molecular weight excluding hydrogens is 309 g/mol. The predicted octanol–water partition coefficient (Wildman–Crippen LogP) is 3.08. The standard InChI is InChI=1S/C7H4Br2ClNO/c8-2-6(12)4-1-7(10)11-3-5(4)9/h1,3H,2H2. The van der Waals surface area contributed by atoms with Crippen molar-refractivity contribution in [2.75, 3.05) is 5.33 Å². The van der Waals surface area contributed by atoms with Gasteiger partial charge in [0.25, 0.3) is 0 Å². The maximum absolute atomic E-state index is 11.2. The quantitative estimate of drug-likeness (QED) is 0.477. The predicted molar refractivity (Wildman–Crippen MR) is 55.1 cm³/mol. The summed E-state index contributed by atoms with van der Waals surface area (Å²) in [6, 6.07) is 1.54. The SMILES string of the molecule is O=C(CBr)c1cc(Cl)ncc1Br. The number of hydrogen-bond donors (Lipinski definition) is 0. The Morgan fingerprint density at radius 1 is 1.67 bits per heavy atom. The molecule has 1 aromatic heterocycles. The molecule has 0 aliphatic carbocycles. The fourth-order valence-corrected chi connectivity index (χ4v) is 1.60. The highest BCUT2D eigenvalue weighted by molar-refractivity contribution is 9.10. The first-order valence-corrected chi connectivity index (χ1v) is 5.34. The van der Waals surface area contributed by atoms with Crippen LogP contribution in [0.15, 0.2) is 16.7 Å². The lowest BCUT2D eigenvalue weighted by Crippen LogP contribution is -2.01. The van der Waals surface area contributed by atoms with Crippen molar-refractivity contribution in [1.82, 2.24) is 4.98 Å². The van der Waals surface area contributed by atoms with Crippen molar-refractivity contribution in [3.8, 4) is 0 Å². The Balaban J connectivity index is 3.13. The van der Waals surface area contributed by atoms with E-state index in [0.29, 0.717) is 15.2 Å². The van der Waals surface area contributed by atoms with Gasteiger partial charge in [0.05, 0.1) is 5.33 Å². The van der Waals surface area contributed by atoms with Crippen molar-refractivity contribution in [1.29, 1.82) is 0 Å². The Bertz CT molecular complexity index is 316. The van der Waals surface area contributed by atoms with Crippen LogP contribution in [0.1, 0.15) is 10.4 Å². The summed E-state index contributed by atoms with van der Waals surface area (Å²) in [6.07, 6.45) is 1.51. The second-order valence-electron chi connectivity index (χ2n) is 2.04. The van der Waals surface area contributed by atoms with E-state index < -0.39 is 0 Å². The van der Waals surface area contributed by atoms with E-state index in [1.54, 1.807) is 0 Å². The highest BCUT2D eigenvalue weighted by Gasteiger charge is 2.09. The minimum absolute atomic E-state index is 0.0221. The van der Waals surface area contributed by atoms with E-state index in [9.17, 15) is 4.79 Å². The molecule has 0 radical (unpaired) electrons. The van der Waals surface area contributed by atoms with Crippen LogP contribution >= 0.6 is 43.5 Å². The third kappa shape index (κ3) is 2.28. The Labute approximate surface area is 91.6 Å². The van der Waals surface area contributed by atoms with E-state index in [0.717, 1.165) is 0 Å². The van der Waals surface area contributed by atoms with E-state index in [-0.39, 0.29) is 11.1 Å². The van der Waals surface area contributed by atoms with Gasteiger partial charge in [0.2, 0.25) is 0 Å². The largest absolute Gasteiger partial charge is 0.293 e. The first-order chi connectivity index (χ1) is 5.65. The first-order valence-electron chi connectivity index (χ1n) is 3.05. The van der Waals surface area contributed by atoms with E-state index >= 15 is 0 Å². The maximum Gasteiger partial charge on any atom is 0.174 e. The summed E-state index contributed by atoms with van der Waals surface area (Å²) in [5, 5.41) is 0.605. The fraction of sp³-hybridized carbons (Fsp3) is 0.143. The molecule has 0 atom stereocenters. The van der Waals surface area contributed by atoms with Gasteiger partial charge in [-0.15, -0.1) is 0 Å². The summed E-state index contributed by atoms with van der Waals surface area (Å²) >= 11 is 11.9. The van der Waals surface area contributed by atoms with E-state index in [1.165, 1.54) is 12.3 Å². The second-order valence-corrected chi connectivity index (χ2v) is 3.85. The number of pyridine rings is 1. The zero-order valence-corrected chi connectivity index (χ0v) is 9.78. The molecule has 0 aliphatic heterocycles. The summed E-state index contributed by atoms with van der Waals surface area (Å²) in [5.41, 5.74) is 0.548. The lowest BCUT2D eigenvalue weighted by Gasteiger charge is -1.99. The number of nitrogens with zero attached hydrogens (tertiary/aromatic N) is 1. The van der Waals surface area contributed by atoms with Gasteiger partial charge in [-0.3, -0.25) is 4.79 Å². The molecule has 0 fully saturated rings. The lowest BCUT2D eigenvalue weighted by molar-refractivity contribution is 0.102. The van der Waals surface area contributed by atoms with Gasteiger partial charge in [-0.2, -0.15) is 0 Å². The number of carbonyl (C=O) groups excluding carboxylic acids is 1. The number of halogens is 3. The Morgan fingerprint density at radius 3 is 2.92 bits per heavy atom. The molecule has 0 aliphatic rings. The number of ketones is 1. The van der Waals surface area contributed by atoms with Gasteiger partial charge in [-0.25, -0.2) is 4.98 Å². The van der Waals surface area contributed by atoms with Gasteiger partial charge < -0.3 is 0 Å². The third-order valence-corrected chi connectivity index (χ3v) is 2.59. The van der Waals surface area contributed by atoms with Gasteiger partial charge >= 0.3 is 0 Å². The van der Waals surface area contributed by atoms with Gasteiger partial charge in [0, 0.05) is 16.2 Å². The van der Waals surface area contributed by atoms with Crippen molar-refractivity contribution in [2.24, 2.45) is 0 Å². The second kappa shape index (κ2) is 4.35. The normalized spacial score (nSPS) is 9.92. The summed E-state index contributed by atoms with van der Waals surface area (Å²) < 4.78 is 0.663. The van der Waals surface area contributed by atoms with Crippen LogP contribution in [0, 0.1) is 0 Å². The molecule has 1 rings (SSSR count). The highest BCUT2D eigenvalue weighted by Crippen LogP contribution is 2.19. The lowest BCUT2D eigenvalue weighted by atomic mass is 10.2. The van der Waals surface area contributed by atoms with Crippen LogP contribution in [0.25, 0.3) is 0 Å². The average Bonchev–Trinajstić information content (AvgIpc) is 2.08. The molecule has 0 saturated heterocycles. The molecule has 0 aromatic carbocycles. The molecule has 0 unspecified atom stereocenters. The molecule has 12 heavy (non-hydrogen) atoms. The third-order valence-electron chi connectivity index (χ3n) is 1.24. The number of Topliss-reactive ketones (excluding diaryl/α,β-unsaturated/α-hetero) is 1. The number of carbonyl (C=O) groups is 1. The zero-order chi connectivity index (χ0) is 9.14. The monoisotopic (exact) mass is 311 g/mol. The minimum atomic E-state index is -0.0221. The Morgan fingerprint density at radius 2 is 2.33 bits per heavy atom. The average molecular weight is 313 g/mol. The molecule has 1 aromatic rings. The van der Waals surface area contributed by atoms with Crippen LogP contribution < -0.4 is 0 Å². The van der Waals surface area contributed by atoms with Crippen LogP contribution in [0.5, 0.6) is 0 Å². The molecule has 2 nitrogen and oxygen atoms in total. The minimum Gasteiger partial charge on any atom is -0.293 e. The molecule has 0 bridgehead atoms. The highest BCUT2D eigenvalue weighted by atomic mass is 79.9. The first kappa shape index (κ1) is 10.2. The van der Waals surface area contributed by atoms with Crippen molar-refractivity contribution in [2.45, 2.75) is 0 Å². The Hall–Kier alpha value is 0.0700. The molecule has 64 valence electrons. The van der Waals surface area contributed by atoms with Crippen LogP contribution in [-0.4, -0.2) is 16.1 Å². The van der Waals surface area contributed by atoms with Crippen LogP contribution in [0.2, 0.25) is 5.15 Å². The zero-order valence-electron chi connectivity index (χ0n) is 5.85. The molecule has 1 heterocycles. The van der Waals surface area contributed by atoms with Crippen molar-refractivity contribution < 1.29 is 4.79 Å². The van der Waals surface area contributed by atoms with Gasteiger partial charge in [-0.1, -0.05) is 27.5 Å². The molecule has 0 N–H and O–H groups in total. The van der Waals surface area contributed by atoms with Gasteiger partial charge in [0.1, 0.15) is 5.15 Å². The number of rotatable bonds is 2. The number of aromatic nitrogens is 1. The summed E-state index contributed by atoms with van der Waals surface area (Å²) in [6.45, 7) is 0. The molecule has 0 saturated carbocycles. The maximum atomic E-state index is 11.2. The number of alkyl halides is 1. The van der Waals surface area contributed by atoms with Crippen molar-refractivity contribution >= 4 is 49.2 Å². The van der Waals surface area contributed by atoms with Crippen LogP contribution in [-0.2, 0) is 0 Å². The molecular formula is C7H4Br2ClNO. The van der Waals surface area contributed by atoms with Crippen LogP contribution in [0.3, 0.4) is 0 Å². The summed E-state index contributed by atoms with van der Waals surface area (Å²) in [5.74, 6) is -0.0221. The fourth-order valence-electron chi connectivity index (χ4n) is 0.699. The van der Waals surface area contributed by atoms with Gasteiger partial charge in [0.15, 0.2) is 5.78 Å². The Kier molecular flexibility index (Phi) is 3.68. The molecule has 0 amide bonds. The summed E-state index contributed by atoms with van der Waals surface area (Å²) in [4.78, 5) is 15.0. The van der Waals surface area contributed by atoms with Crippen molar-refractivity contribution in [3.05, 3.63) is 27.5 Å². The molecule has 0 spiro atoms. The van der Waals surface area contributed by atoms with Crippen LogP contribution in [0.4, 0.5) is 0 Å². The van der Waals surface area contributed by atoms with E-state index in [1.807, 2.05) is 0 Å². The molecule has 5 heteroatoms. The van der Waals surface area contributed by atoms with Gasteiger partial charge in [-0.05, 0) is 22.0 Å². The van der Waals surface area contributed by atoms with E-state index in [4.69, 9.17) is 11.6 Å². The smallest absolute Gasteiger partial charge is 0.174 e.